The summed E-state index contributed by atoms with van der Waals surface area (Å²) in [6.45, 7) is 3.09. The molecule has 8 nitrogen and oxygen atoms in total. The van der Waals surface area contributed by atoms with E-state index in [1.54, 1.807) is 56.3 Å². The van der Waals surface area contributed by atoms with Crippen molar-refractivity contribution in [3.8, 4) is 0 Å². The van der Waals surface area contributed by atoms with Crippen LogP contribution in [-0.4, -0.2) is 35.7 Å². The molecule has 3 rings (SSSR count). The molecule has 3 aromatic rings. The maximum Gasteiger partial charge on any atom is 0.338 e. The Hall–Kier alpha value is -3.68. The third-order valence-corrected chi connectivity index (χ3v) is 3.88. The molecule has 8 heteroatoms. The van der Waals surface area contributed by atoms with E-state index in [9.17, 15) is 14.4 Å². The molecule has 0 saturated heterocycles. The van der Waals surface area contributed by atoms with Gasteiger partial charge < -0.3 is 19.3 Å². The second-order valence-electron chi connectivity index (χ2n) is 6.54. The summed E-state index contributed by atoms with van der Waals surface area (Å²) in [4.78, 5) is 35.8. The quantitative estimate of drug-likeness (QED) is 0.611. The van der Waals surface area contributed by atoms with E-state index < -0.39 is 24.5 Å². The molecule has 1 heterocycles. The van der Waals surface area contributed by atoms with Gasteiger partial charge in [-0.15, -0.1) is 0 Å². The smallest absolute Gasteiger partial charge is 0.338 e. The first kappa shape index (κ1) is 20.1. The van der Waals surface area contributed by atoms with E-state index >= 15 is 0 Å². The standard InChI is InChI=1S/C21H20N2O6/c1-13(2)28-21(26)14-7-9-15(10-8-14)22-19(24)12-27-20(25)11-17-16-5-3-4-6-18(16)29-23-17/h3-10,13H,11-12H2,1-2H3,(H,22,24). The molecule has 0 unspecified atom stereocenters. The lowest BCUT2D eigenvalue weighted by Crippen LogP contribution is -2.21. The van der Waals surface area contributed by atoms with Gasteiger partial charge in [0.15, 0.2) is 12.2 Å². The fraction of sp³-hybridized carbons (Fsp3) is 0.238. The van der Waals surface area contributed by atoms with Gasteiger partial charge in [-0.05, 0) is 50.2 Å². The van der Waals surface area contributed by atoms with Gasteiger partial charge in [-0.1, -0.05) is 17.3 Å². The topological polar surface area (TPSA) is 108 Å². The van der Waals surface area contributed by atoms with Gasteiger partial charge >= 0.3 is 11.9 Å². The summed E-state index contributed by atoms with van der Waals surface area (Å²) in [5.74, 6) is -1.53. The van der Waals surface area contributed by atoms with Crippen LogP contribution in [0.25, 0.3) is 11.0 Å². The van der Waals surface area contributed by atoms with E-state index in [-0.39, 0.29) is 12.5 Å². The van der Waals surface area contributed by atoms with Crippen LogP contribution in [0, 0.1) is 0 Å². The van der Waals surface area contributed by atoms with E-state index in [2.05, 4.69) is 10.5 Å². The maximum atomic E-state index is 12.0. The van der Waals surface area contributed by atoms with Crippen molar-refractivity contribution >= 4 is 34.5 Å². The second kappa shape index (κ2) is 9.01. The third kappa shape index (κ3) is 5.41. The van der Waals surface area contributed by atoms with Gasteiger partial charge in [-0.2, -0.15) is 0 Å². The molecule has 150 valence electrons. The Labute approximate surface area is 166 Å². The number of carbonyl (C=O) groups excluding carboxylic acids is 3. The molecule has 0 aliphatic carbocycles. The molecule has 1 N–H and O–H groups in total. The molecule has 1 amide bonds. The highest BCUT2D eigenvalue weighted by molar-refractivity contribution is 5.94. The van der Waals surface area contributed by atoms with E-state index in [4.69, 9.17) is 14.0 Å². The number of aromatic nitrogens is 1. The van der Waals surface area contributed by atoms with Gasteiger partial charge in [0.25, 0.3) is 5.91 Å². The first-order valence-corrected chi connectivity index (χ1v) is 9.02. The van der Waals surface area contributed by atoms with E-state index in [1.807, 2.05) is 6.07 Å². The molecule has 1 aromatic heterocycles. The Balaban J connectivity index is 1.48. The molecule has 2 aromatic carbocycles. The van der Waals surface area contributed by atoms with E-state index in [1.165, 1.54) is 0 Å². The highest BCUT2D eigenvalue weighted by atomic mass is 16.5. The van der Waals surface area contributed by atoms with Crippen molar-refractivity contribution in [3.63, 3.8) is 0 Å². The molecule has 29 heavy (non-hydrogen) atoms. The van der Waals surface area contributed by atoms with Crippen molar-refractivity contribution < 1.29 is 28.4 Å². The fourth-order valence-electron chi connectivity index (χ4n) is 2.57. The number of anilines is 1. The predicted octanol–water partition coefficient (Wildman–Crippen LogP) is 3.12. The lowest BCUT2D eigenvalue weighted by Gasteiger charge is -2.09. The van der Waals surface area contributed by atoms with Gasteiger partial charge in [0.1, 0.15) is 5.69 Å². The minimum Gasteiger partial charge on any atom is -0.459 e. The van der Waals surface area contributed by atoms with Crippen LogP contribution in [0.4, 0.5) is 5.69 Å². The number of esters is 2. The van der Waals surface area contributed by atoms with E-state index in [0.29, 0.717) is 22.5 Å². The minimum atomic E-state index is -0.592. The normalized spacial score (nSPS) is 10.7. The van der Waals surface area contributed by atoms with Crippen molar-refractivity contribution in [3.05, 3.63) is 59.8 Å². The van der Waals surface area contributed by atoms with Gasteiger partial charge in [0.05, 0.1) is 18.1 Å². The number of hydrogen-bond acceptors (Lipinski definition) is 7. The summed E-state index contributed by atoms with van der Waals surface area (Å²) >= 11 is 0. The zero-order valence-electron chi connectivity index (χ0n) is 16.0. The highest BCUT2D eigenvalue weighted by Crippen LogP contribution is 2.18. The summed E-state index contributed by atoms with van der Waals surface area (Å²) < 4.78 is 15.2. The first-order chi connectivity index (χ1) is 13.9. The number of para-hydroxylation sites is 1. The second-order valence-corrected chi connectivity index (χ2v) is 6.54. The van der Waals surface area contributed by atoms with Crippen LogP contribution in [0.3, 0.4) is 0 Å². The summed E-state index contributed by atoms with van der Waals surface area (Å²) in [5.41, 5.74) is 1.88. The fourth-order valence-corrected chi connectivity index (χ4v) is 2.57. The van der Waals surface area contributed by atoms with Crippen LogP contribution in [0.1, 0.15) is 29.9 Å². The van der Waals surface area contributed by atoms with Crippen molar-refractivity contribution in [2.75, 3.05) is 11.9 Å². The number of amides is 1. The summed E-state index contributed by atoms with van der Waals surface area (Å²) in [6, 6.07) is 13.4. The van der Waals surface area contributed by atoms with Crippen molar-refractivity contribution in [1.82, 2.24) is 5.16 Å². The molecular weight excluding hydrogens is 376 g/mol. The Bertz CT molecular complexity index is 1020. The number of nitrogens with one attached hydrogen (secondary N) is 1. The number of fused-ring (bicyclic) bond motifs is 1. The van der Waals surface area contributed by atoms with Crippen molar-refractivity contribution in [2.45, 2.75) is 26.4 Å². The highest BCUT2D eigenvalue weighted by Gasteiger charge is 2.15. The third-order valence-electron chi connectivity index (χ3n) is 3.88. The summed E-state index contributed by atoms with van der Waals surface area (Å²) in [5, 5.41) is 7.17. The number of hydrogen-bond donors (Lipinski definition) is 1. The molecule has 0 atom stereocenters. The predicted molar refractivity (Wildman–Crippen MR) is 104 cm³/mol. The van der Waals surface area contributed by atoms with Crippen LogP contribution in [0.5, 0.6) is 0 Å². The molecular formula is C21H20N2O6. The lowest BCUT2D eigenvalue weighted by molar-refractivity contribution is -0.146. The Kier molecular flexibility index (Phi) is 6.23. The molecule has 0 bridgehead atoms. The lowest BCUT2D eigenvalue weighted by atomic mass is 10.2. The average Bonchev–Trinajstić information content (AvgIpc) is 3.09. The number of rotatable bonds is 7. The van der Waals surface area contributed by atoms with Gasteiger partial charge in [-0.3, -0.25) is 9.59 Å². The summed E-state index contributed by atoms with van der Waals surface area (Å²) in [6.07, 6.45) is -0.316. The monoisotopic (exact) mass is 396 g/mol. The molecule has 0 radical (unpaired) electrons. The molecule has 0 fully saturated rings. The first-order valence-electron chi connectivity index (χ1n) is 9.02. The van der Waals surface area contributed by atoms with Crippen LogP contribution in [0.2, 0.25) is 0 Å². The summed E-state index contributed by atoms with van der Waals surface area (Å²) in [7, 11) is 0. The number of ether oxygens (including phenoxy) is 2. The SMILES string of the molecule is CC(C)OC(=O)c1ccc(NC(=O)COC(=O)Cc2noc3ccccc23)cc1. The van der Waals surface area contributed by atoms with E-state index in [0.717, 1.165) is 5.39 Å². The van der Waals surface area contributed by atoms with Crippen molar-refractivity contribution in [2.24, 2.45) is 0 Å². The van der Waals surface area contributed by atoms with Crippen LogP contribution in [-0.2, 0) is 25.5 Å². The van der Waals surface area contributed by atoms with Crippen LogP contribution >= 0.6 is 0 Å². The molecule has 0 aliphatic heterocycles. The Morgan fingerprint density at radius 2 is 1.79 bits per heavy atom. The minimum absolute atomic E-state index is 0.100. The Morgan fingerprint density at radius 3 is 2.52 bits per heavy atom. The average molecular weight is 396 g/mol. The zero-order valence-corrected chi connectivity index (χ0v) is 16.0. The van der Waals surface area contributed by atoms with Crippen molar-refractivity contribution in [1.29, 1.82) is 0 Å². The Morgan fingerprint density at radius 1 is 1.07 bits per heavy atom. The van der Waals surface area contributed by atoms with Crippen LogP contribution < -0.4 is 5.32 Å². The van der Waals surface area contributed by atoms with Gasteiger partial charge in [0.2, 0.25) is 0 Å². The number of benzene rings is 2. The van der Waals surface area contributed by atoms with Gasteiger partial charge in [-0.25, -0.2) is 4.79 Å². The van der Waals surface area contributed by atoms with Gasteiger partial charge in [0, 0.05) is 11.1 Å². The zero-order chi connectivity index (χ0) is 20.8. The maximum absolute atomic E-state index is 12.0. The number of nitrogens with zero attached hydrogens (tertiary/aromatic N) is 1. The molecule has 0 spiro atoms. The molecule has 0 aliphatic rings. The number of carbonyl (C=O) groups is 3. The largest absolute Gasteiger partial charge is 0.459 e. The molecule has 0 saturated carbocycles. The van der Waals surface area contributed by atoms with Crippen LogP contribution in [0.15, 0.2) is 53.1 Å².